The van der Waals surface area contributed by atoms with Gasteiger partial charge in [0.1, 0.15) is 17.7 Å². The lowest BCUT2D eigenvalue weighted by Crippen LogP contribution is -2.44. The molecule has 25 heteroatoms. The van der Waals surface area contributed by atoms with Crippen molar-refractivity contribution in [1.29, 1.82) is 0 Å². The second kappa shape index (κ2) is 18.1. The van der Waals surface area contributed by atoms with E-state index in [2.05, 4.69) is 45.8 Å². The Morgan fingerprint density at radius 3 is 2.04 bits per heavy atom. The highest BCUT2D eigenvalue weighted by atomic mass is 19.4. The van der Waals surface area contributed by atoms with Crippen molar-refractivity contribution in [1.82, 2.24) is 44.1 Å². The van der Waals surface area contributed by atoms with Crippen LogP contribution in [0.5, 0.6) is 11.9 Å². The van der Waals surface area contributed by atoms with Gasteiger partial charge in [-0.25, -0.2) is 14.5 Å². The van der Waals surface area contributed by atoms with Crippen LogP contribution in [0.15, 0.2) is 104 Å². The molecule has 7 heterocycles. The van der Waals surface area contributed by atoms with Crippen LogP contribution in [0.2, 0.25) is 0 Å². The van der Waals surface area contributed by atoms with E-state index in [0.29, 0.717) is 13.2 Å². The van der Waals surface area contributed by atoms with Crippen molar-refractivity contribution < 1.29 is 64.9 Å². The lowest BCUT2D eigenvalue weighted by molar-refractivity contribution is -0.570. The Bertz CT molecular complexity index is 3300. The maximum absolute atomic E-state index is 14.3. The van der Waals surface area contributed by atoms with Crippen LogP contribution in [-0.2, 0) is 17.1 Å². The largest absolute Gasteiger partial charge is 0.477 e. The molecule has 70 heavy (non-hydrogen) atoms. The van der Waals surface area contributed by atoms with Gasteiger partial charge in [0.25, 0.3) is 23.3 Å². The molecule has 2 amide bonds. The lowest BCUT2D eigenvalue weighted by atomic mass is 9.90. The Labute approximate surface area is 390 Å². The Morgan fingerprint density at radius 2 is 1.41 bits per heavy atom. The summed E-state index contributed by atoms with van der Waals surface area (Å²) >= 11 is 0. The quantitative estimate of drug-likeness (QED) is 0.0763. The van der Waals surface area contributed by atoms with E-state index in [4.69, 9.17) is 14.2 Å². The van der Waals surface area contributed by atoms with Crippen LogP contribution in [0.25, 0.3) is 39.6 Å². The standard InChI is InChI=1S/C45H36F6N12O7/c1-42(22-68-23-42)24-69-36-17-35(56-40(57-36)58-38(66)31-18-53-34-13-11-29(59-62(31)34)25-7-3-5-9-27(25)44(46,47)48)61-19-32(39(67)54-33-15-16-52-41(55-33)70-43(2,20-64)21-65)63-37(61)14-12-30(60-63)26-8-4-6-10-28(26)45(49,50)51/h3-19,64-65H,20-24H2,1-2H3,(H-,52,54,55,56,57,58,66,67)/p+1. The fourth-order valence-corrected chi connectivity index (χ4v) is 7.17. The number of amides is 2. The van der Waals surface area contributed by atoms with Crippen molar-refractivity contribution in [3.8, 4) is 40.2 Å². The second-order valence-electron chi connectivity index (χ2n) is 16.6. The van der Waals surface area contributed by atoms with Gasteiger partial charge in [0, 0.05) is 28.8 Å². The van der Waals surface area contributed by atoms with E-state index in [0.717, 1.165) is 27.4 Å². The molecule has 8 aromatic rings. The van der Waals surface area contributed by atoms with Gasteiger partial charge in [0.2, 0.25) is 11.6 Å². The van der Waals surface area contributed by atoms with Crippen molar-refractivity contribution in [2.75, 3.05) is 43.7 Å². The molecule has 1 saturated heterocycles. The minimum Gasteiger partial charge on any atom is -0.477 e. The summed E-state index contributed by atoms with van der Waals surface area (Å²) in [5.41, 5.74) is -4.96. The summed E-state index contributed by atoms with van der Waals surface area (Å²) in [4.78, 5) is 49.6. The van der Waals surface area contributed by atoms with Gasteiger partial charge in [-0.15, -0.1) is 9.61 Å². The van der Waals surface area contributed by atoms with Gasteiger partial charge >= 0.3 is 24.3 Å². The summed E-state index contributed by atoms with van der Waals surface area (Å²) in [5.74, 6) is -2.41. The molecular weight excluding hydrogens is 935 g/mol. The highest BCUT2D eigenvalue weighted by Gasteiger charge is 2.37. The molecule has 1 fully saturated rings. The Balaban J connectivity index is 1.13. The van der Waals surface area contributed by atoms with Crippen LogP contribution >= 0.6 is 0 Å². The van der Waals surface area contributed by atoms with Crippen LogP contribution in [-0.4, -0.2) is 105 Å². The maximum atomic E-state index is 14.3. The zero-order chi connectivity index (χ0) is 49.6. The van der Waals surface area contributed by atoms with Gasteiger partial charge in [0.05, 0.1) is 62.1 Å². The van der Waals surface area contributed by atoms with E-state index in [1.165, 1.54) is 96.7 Å². The van der Waals surface area contributed by atoms with Gasteiger partial charge in [-0.3, -0.25) is 14.9 Å². The number of carbonyl (C=O) groups is 2. The summed E-state index contributed by atoms with van der Waals surface area (Å²) < 4.78 is 105. The van der Waals surface area contributed by atoms with E-state index < -0.39 is 59.5 Å². The highest BCUT2D eigenvalue weighted by Crippen LogP contribution is 2.38. The third-order valence-corrected chi connectivity index (χ3v) is 10.9. The van der Waals surface area contributed by atoms with Crippen molar-refractivity contribution >= 4 is 34.9 Å². The number of hydrogen-bond donors (Lipinski definition) is 4. The number of fused-ring (bicyclic) bond motifs is 2. The van der Waals surface area contributed by atoms with Crippen molar-refractivity contribution in [2.45, 2.75) is 31.8 Å². The van der Waals surface area contributed by atoms with E-state index in [1.54, 1.807) is 0 Å². The number of rotatable bonds is 14. The fourth-order valence-electron chi connectivity index (χ4n) is 7.17. The monoisotopic (exact) mass is 971 g/mol. The van der Waals surface area contributed by atoms with E-state index >= 15 is 0 Å². The number of anilines is 2. The molecule has 6 aromatic heterocycles. The predicted octanol–water partition coefficient (Wildman–Crippen LogP) is 5.65. The molecule has 0 atom stereocenters. The number of ether oxygens (including phenoxy) is 3. The summed E-state index contributed by atoms with van der Waals surface area (Å²) in [5, 5.41) is 33.4. The van der Waals surface area contributed by atoms with E-state index in [1.807, 2.05) is 6.92 Å². The average molecular weight is 972 g/mol. The molecule has 0 aliphatic carbocycles. The molecule has 0 unspecified atom stereocenters. The summed E-state index contributed by atoms with van der Waals surface area (Å²) in [6.07, 6.45) is -5.84. The Morgan fingerprint density at radius 1 is 0.786 bits per heavy atom. The number of aliphatic hydroxyl groups is 2. The minimum absolute atomic E-state index is 0.0515. The molecule has 360 valence electrons. The molecule has 1 aliphatic rings. The number of carbonyl (C=O) groups excluding carboxylic acids is 2. The van der Waals surface area contributed by atoms with Gasteiger partial charge in [-0.2, -0.15) is 46.0 Å². The van der Waals surface area contributed by atoms with Crippen LogP contribution in [0.1, 0.15) is 46.0 Å². The molecule has 1 aliphatic heterocycles. The fraction of sp³-hybridized carbons (Fsp3) is 0.244. The number of imidazole rings is 2. The molecule has 0 saturated carbocycles. The van der Waals surface area contributed by atoms with Gasteiger partial charge in [0.15, 0.2) is 16.9 Å². The molecule has 0 radical (unpaired) electrons. The molecule has 4 N–H and O–H groups in total. The Hall–Kier alpha value is -8.16. The van der Waals surface area contributed by atoms with Gasteiger partial charge in [-0.05, 0) is 43.3 Å². The van der Waals surface area contributed by atoms with Crippen molar-refractivity contribution in [3.05, 3.63) is 126 Å². The van der Waals surface area contributed by atoms with Crippen molar-refractivity contribution in [3.63, 3.8) is 0 Å². The molecule has 0 bridgehead atoms. The SMILES string of the molecule is CC1(COc2cc(-[n+]3cc(C(=O)Nc4ccnc(OC(C)(CO)CO)n4)n4nc(-c5ccccc5C(F)(F)F)ccc43)nc(NC(=O)c3cnc4ccc(-c5ccccc5C(F)(F)F)nn34)n2)COC1. The lowest BCUT2D eigenvalue weighted by Gasteiger charge is -2.37. The third-order valence-electron chi connectivity index (χ3n) is 10.9. The first kappa shape index (κ1) is 46.9. The number of aromatic nitrogens is 10. The van der Waals surface area contributed by atoms with Crippen LogP contribution in [0.3, 0.4) is 0 Å². The summed E-state index contributed by atoms with van der Waals surface area (Å²) in [6, 6.07) is 17.3. The normalized spacial score (nSPS) is 13.8. The summed E-state index contributed by atoms with van der Waals surface area (Å²) in [7, 11) is 0. The summed E-state index contributed by atoms with van der Waals surface area (Å²) in [6.45, 7) is 2.92. The van der Waals surface area contributed by atoms with Crippen molar-refractivity contribution in [2.24, 2.45) is 5.41 Å². The van der Waals surface area contributed by atoms with Crippen LogP contribution in [0.4, 0.5) is 38.1 Å². The first-order valence-electron chi connectivity index (χ1n) is 20.9. The molecule has 9 rings (SSSR count). The maximum Gasteiger partial charge on any atom is 0.417 e. The number of aliphatic hydroxyl groups excluding tert-OH is 2. The van der Waals surface area contributed by atoms with Gasteiger partial charge < -0.3 is 29.7 Å². The first-order chi connectivity index (χ1) is 33.3. The average Bonchev–Trinajstić information content (AvgIpc) is 3.94. The zero-order valence-corrected chi connectivity index (χ0v) is 36.5. The molecule has 0 spiro atoms. The zero-order valence-electron chi connectivity index (χ0n) is 36.5. The van der Waals surface area contributed by atoms with Crippen LogP contribution in [0, 0.1) is 5.41 Å². The number of halogens is 6. The third kappa shape index (κ3) is 9.48. The van der Waals surface area contributed by atoms with E-state index in [9.17, 15) is 46.1 Å². The number of nitrogens with one attached hydrogen (secondary N) is 2. The number of nitrogens with zero attached hydrogens (tertiary/aromatic N) is 10. The molecule has 2 aromatic carbocycles. The van der Waals surface area contributed by atoms with Crippen LogP contribution < -0.4 is 24.7 Å². The predicted molar refractivity (Wildman–Crippen MR) is 232 cm³/mol. The minimum atomic E-state index is -4.78. The number of alkyl halides is 6. The number of hydrogen-bond acceptors (Lipinski definition) is 14. The molecular formula is C45H37F6N12O7+. The first-order valence-corrected chi connectivity index (χ1v) is 20.9. The van der Waals surface area contributed by atoms with E-state index in [-0.39, 0.29) is 81.3 Å². The molecule has 19 nitrogen and oxygen atoms in total. The highest BCUT2D eigenvalue weighted by molar-refractivity contribution is 6.03. The topological polar surface area (TPSA) is 229 Å². The number of benzene rings is 2. The second-order valence-corrected chi connectivity index (χ2v) is 16.6. The van der Waals surface area contributed by atoms with Gasteiger partial charge in [-0.1, -0.05) is 48.3 Å². The smallest absolute Gasteiger partial charge is 0.417 e. The Kier molecular flexibility index (Phi) is 12.1.